The molecule has 0 aromatic heterocycles. The largest absolute Gasteiger partial charge is 0.466 e. The molecule has 2 unspecified atom stereocenters. The van der Waals surface area contributed by atoms with Crippen molar-refractivity contribution in [1.82, 2.24) is 4.90 Å². The van der Waals surface area contributed by atoms with Crippen LogP contribution >= 0.6 is 0 Å². The number of hydrogen-bond donors (Lipinski definition) is 0. The van der Waals surface area contributed by atoms with E-state index in [4.69, 9.17) is 9.47 Å². The highest BCUT2D eigenvalue weighted by molar-refractivity contribution is 5.73. The zero-order chi connectivity index (χ0) is 35.3. The van der Waals surface area contributed by atoms with Gasteiger partial charge in [0.25, 0.3) is 0 Å². The fourth-order valence-corrected chi connectivity index (χ4v) is 6.90. The smallest absolute Gasteiger partial charge is 0.310 e. The van der Waals surface area contributed by atoms with Crippen LogP contribution in [0.25, 0.3) is 0 Å². The summed E-state index contributed by atoms with van der Waals surface area (Å²) in [5.74, 6) is 0.0431. The Labute approximate surface area is 300 Å². The predicted molar refractivity (Wildman–Crippen MR) is 208 cm³/mol. The average Bonchev–Trinajstić information content (AvgIpc) is 3.09. The van der Waals surface area contributed by atoms with Crippen LogP contribution in [0.1, 0.15) is 220 Å². The second-order valence-corrected chi connectivity index (χ2v) is 14.9. The second-order valence-electron chi connectivity index (χ2n) is 14.9. The Morgan fingerprint density at radius 3 is 1.29 bits per heavy atom. The normalized spacial score (nSPS) is 12.8. The van der Waals surface area contributed by atoms with Crippen molar-refractivity contribution in [2.24, 2.45) is 11.8 Å². The summed E-state index contributed by atoms with van der Waals surface area (Å²) in [5.41, 5.74) is 0. The summed E-state index contributed by atoms with van der Waals surface area (Å²) in [6.45, 7) is 11.4. The summed E-state index contributed by atoms with van der Waals surface area (Å²) in [4.78, 5) is 28.1. The third-order valence-corrected chi connectivity index (χ3v) is 10.3. The van der Waals surface area contributed by atoms with Crippen molar-refractivity contribution in [2.75, 3.05) is 33.4 Å². The molecule has 0 radical (unpaired) electrons. The molecule has 286 valence electrons. The lowest BCUT2D eigenvalue weighted by Crippen LogP contribution is -2.37. The maximum atomic E-state index is 13.5. The Bertz CT molecular complexity index is 684. The van der Waals surface area contributed by atoms with Gasteiger partial charge in [0.2, 0.25) is 0 Å². The number of unbranched alkanes of at least 4 members (excludes halogenated alkanes) is 24. The Kier molecular flexibility index (Phi) is 36.3. The molecule has 48 heavy (non-hydrogen) atoms. The first kappa shape index (κ1) is 46.9. The number of carbonyl (C=O) groups is 2. The molecule has 0 aliphatic rings. The predicted octanol–water partition coefficient (Wildman–Crippen LogP) is 13.0. The Hall–Kier alpha value is -1.10. The maximum Gasteiger partial charge on any atom is 0.310 e. The molecule has 0 aliphatic carbocycles. The Morgan fingerprint density at radius 2 is 0.875 bits per heavy atom. The van der Waals surface area contributed by atoms with Crippen LogP contribution in [0, 0.1) is 11.8 Å². The molecule has 0 rings (SSSR count). The first-order valence-corrected chi connectivity index (χ1v) is 21.5. The molecule has 0 heterocycles. The average molecular weight is 680 g/mol. The second kappa shape index (κ2) is 37.2. The maximum absolute atomic E-state index is 13.5. The third-order valence-electron chi connectivity index (χ3n) is 10.3. The first-order chi connectivity index (χ1) is 23.5. The van der Waals surface area contributed by atoms with Gasteiger partial charge in [0.05, 0.1) is 25.6 Å². The van der Waals surface area contributed by atoms with E-state index in [1.54, 1.807) is 0 Å². The van der Waals surface area contributed by atoms with E-state index in [0.29, 0.717) is 38.6 Å². The van der Waals surface area contributed by atoms with Gasteiger partial charge in [0.1, 0.15) is 0 Å². The van der Waals surface area contributed by atoms with Crippen molar-refractivity contribution >= 4 is 11.9 Å². The fourth-order valence-electron chi connectivity index (χ4n) is 6.90. The van der Waals surface area contributed by atoms with E-state index in [0.717, 1.165) is 38.5 Å². The minimum atomic E-state index is -0.133. The number of esters is 2. The molecule has 0 amide bonds. The quantitative estimate of drug-likeness (QED) is 0.0480. The SMILES string of the molecule is CCCCCCCCCCCCOC(=O)CCN(C)CC(C(=O)OCCCCCCCCCCCC)C(CC)CCCCCCCCC. The standard InChI is InChI=1S/C43H85NO4/c1-6-10-13-16-19-21-23-26-29-32-37-47-42(45)35-36-44(5)39-41(40(9-4)34-31-28-25-18-15-12-8-3)43(46)48-38-33-30-27-24-22-20-17-14-11-7-2/h40-41H,6-39H2,1-5H3. The van der Waals surface area contributed by atoms with E-state index in [1.807, 2.05) is 7.05 Å². The molecule has 5 nitrogen and oxygen atoms in total. The summed E-state index contributed by atoms with van der Waals surface area (Å²) in [7, 11) is 2.04. The number of carbonyl (C=O) groups excluding carboxylic acids is 2. The van der Waals surface area contributed by atoms with Gasteiger partial charge in [-0.05, 0) is 32.2 Å². The number of hydrogen-bond acceptors (Lipinski definition) is 5. The highest BCUT2D eigenvalue weighted by Crippen LogP contribution is 2.26. The zero-order valence-corrected chi connectivity index (χ0v) is 33.3. The molecule has 0 saturated carbocycles. The van der Waals surface area contributed by atoms with Crippen molar-refractivity contribution in [3.05, 3.63) is 0 Å². The summed E-state index contributed by atoms with van der Waals surface area (Å²) in [5, 5.41) is 0. The topological polar surface area (TPSA) is 55.8 Å². The van der Waals surface area contributed by atoms with Gasteiger partial charge in [-0.1, -0.05) is 195 Å². The minimum absolute atomic E-state index is 0.0314. The van der Waals surface area contributed by atoms with Gasteiger partial charge in [0, 0.05) is 13.1 Å². The van der Waals surface area contributed by atoms with E-state index < -0.39 is 0 Å². The van der Waals surface area contributed by atoms with Gasteiger partial charge in [-0.15, -0.1) is 0 Å². The number of nitrogens with zero attached hydrogens (tertiary/aromatic N) is 1. The summed E-state index contributed by atoms with van der Waals surface area (Å²) in [6, 6.07) is 0. The molecule has 2 atom stereocenters. The summed E-state index contributed by atoms with van der Waals surface area (Å²) >= 11 is 0. The third kappa shape index (κ3) is 30.9. The Morgan fingerprint density at radius 1 is 0.500 bits per heavy atom. The highest BCUT2D eigenvalue weighted by atomic mass is 16.5. The number of rotatable bonds is 38. The van der Waals surface area contributed by atoms with Crippen molar-refractivity contribution in [3.8, 4) is 0 Å². The molecule has 5 heteroatoms. The van der Waals surface area contributed by atoms with Crippen molar-refractivity contribution < 1.29 is 19.1 Å². The van der Waals surface area contributed by atoms with E-state index in [2.05, 4.69) is 32.6 Å². The highest BCUT2D eigenvalue weighted by Gasteiger charge is 2.29. The lowest BCUT2D eigenvalue weighted by Gasteiger charge is -2.29. The molecular formula is C43H85NO4. The van der Waals surface area contributed by atoms with Crippen LogP contribution in [0.2, 0.25) is 0 Å². The van der Waals surface area contributed by atoms with Gasteiger partial charge in [-0.25, -0.2) is 0 Å². The monoisotopic (exact) mass is 680 g/mol. The van der Waals surface area contributed by atoms with Gasteiger partial charge in [0.15, 0.2) is 0 Å². The molecule has 0 fully saturated rings. The molecule has 0 spiro atoms. The van der Waals surface area contributed by atoms with Crippen LogP contribution in [0.15, 0.2) is 0 Å². The fraction of sp³-hybridized carbons (Fsp3) is 0.953. The van der Waals surface area contributed by atoms with Crippen LogP contribution in [0.5, 0.6) is 0 Å². The molecular weight excluding hydrogens is 594 g/mol. The van der Waals surface area contributed by atoms with Crippen LogP contribution < -0.4 is 0 Å². The van der Waals surface area contributed by atoms with E-state index in [9.17, 15) is 9.59 Å². The lowest BCUT2D eigenvalue weighted by atomic mass is 9.85. The number of ether oxygens (including phenoxy) is 2. The molecule has 0 aromatic carbocycles. The lowest BCUT2D eigenvalue weighted by molar-refractivity contribution is -0.151. The summed E-state index contributed by atoms with van der Waals surface area (Å²) < 4.78 is 11.5. The molecule has 0 aromatic rings. The van der Waals surface area contributed by atoms with Gasteiger partial charge in [-0.3, -0.25) is 9.59 Å². The van der Waals surface area contributed by atoms with Gasteiger partial charge >= 0.3 is 11.9 Å². The van der Waals surface area contributed by atoms with Crippen LogP contribution in [0.4, 0.5) is 0 Å². The van der Waals surface area contributed by atoms with Crippen molar-refractivity contribution in [2.45, 2.75) is 220 Å². The zero-order valence-electron chi connectivity index (χ0n) is 33.3. The van der Waals surface area contributed by atoms with E-state index in [1.165, 1.54) is 148 Å². The van der Waals surface area contributed by atoms with Gasteiger partial charge in [-0.2, -0.15) is 0 Å². The van der Waals surface area contributed by atoms with Crippen LogP contribution in [-0.2, 0) is 19.1 Å². The van der Waals surface area contributed by atoms with Crippen LogP contribution in [0.3, 0.4) is 0 Å². The molecule has 0 saturated heterocycles. The summed E-state index contributed by atoms with van der Waals surface area (Å²) in [6.07, 6.45) is 37.0. The van der Waals surface area contributed by atoms with E-state index >= 15 is 0 Å². The molecule has 0 bridgehead atoms. The Balaban J connectivity index is 4.52. The van der Waals surface area contributed by atoms with Gasteiger partial charge < -0.3 is 14.4 Å². The molecule has 0 N–H and O–H groups in total. The van der Waals surface area contributed by atoms with Crippen molar-refractivity contribution in [3.63, 3.8) is 0 Å². The minimum Gasteiger partial charge on any atom is -0.466 e. The molecule has 0 aliphatic heterocycles. The van der Waals surface area contributed by atoms with Crippen molar-refractivity contribution in [1.29, 1.82) is 0 Å². The van der Waals surface area contributed by atoms with E-state index in [-0.39, 0.29) is 17.9 Å². The van der Waals surface area contributed by atoms with Crippen LogP contribution in [-0.4, -0.2) is 50.2 Å². The first-order valence-electron chi connectivity index (χ1n) is 21.5.